The summed E-state index contributed by atoms with van der Waals surface area (Å²) in [4.78, 5) is 21.0. The van der Waals surface area contributed by atoms with Crippen molar-refractivity contribution in [3.63, 3.8) is 0 Å². The van der Waals surface area contributed by atoms with Crippen molar-refractivity contribution in [1.29, 1.82) is 0 Å². The number of hydrogen-bond donors (Lipinski definition) is 2. The van der Waals surface area contributed by atoms with E-state index >= 15 is 0 Å². The van der Waals surface area contributed by atoms with E-state index in [1.54, 1.807) is 0 Å². The highest BCUT2D eigenvalue weighted by atomic mass is 16.8. The van der Waals surface area contributed by atoms with E-state index in [-0.39, 0.29) is 0 Å². The molecule has 1 rings (SSSR count). The molecule has 0 saturated carbocycles. The van der Waals surface area contributed by atoms with E-state index in [2.05, 4.69) is 9.47 Å². The molecule has 0 amide bonds. The third-order valence-corrected chi connectivity index (χ3v) is 1.09. The molecule has 0 spiro atoms. The number of ether oxygens (including phenoxy) is 2. The first-order valence-electron chi connectivity index (χ1n) is 2.92. The Bertz CT molecular complexity index is 185. The average Bonchev–Trinajstić information content (AvgIpc) is 1.84. The van der Waals surface area contributed by atoms with Gasteiger partial charge in [-0.1, -0.05) is 0 Å². The molecule has 11 heavy (non-hydrogen) atoms. The normalized spacial score (nSPS) is 22.4. The molecule has 0 radical (unpaired) electrons. The van der Waals surface area contributed by atoms with Gasteiger partial charge in [0, 0.05) is 0 Å². The van der Waals surface area contributed by atoms with Gasteiger partial charge in [0.2, 0.25) is 0 Å². The summed E-state index contributed by atoms with van der Waals surface area (Å²) in [5.41, 5.74) is 4.96. The lowest BCUT2D eigenvalue weighted by atomic mass is 10.4. The molecule has 1 fully saturated rings. The maximum atomic E-state index is 10.5. The van der Waals surface area contributed by atoms with Crippen LogP contribution in [0.4, 0.5) is 0 Å². The molecule has 1 saturated heterocycles. The van der Waals surface area contributed by atoms with Crippen molar-refractivity contribution in [1.82, 2.24) is 0 Å². The second-order valence-corrected chi connectivity index (χ2v) is 2.04. The van der Waals surface area contributed by atoms with Crippen LogP contribution in [0, 0.1) is 0 Å². The van der Waals surface area contributed by atoms with E-state index < -0.39 is 30.9 Å². The smallest absolute Gasteiger partial charge is 0.386 e. The van der Waals surface area contributed by atoms with Gasteiger partial charge >= 0.3 is 17.9 Å². The lowest BCUT2D eigenvalue weighted by Gasteiger charge is -2.28. The monoisotopic (exact) mass is 161 g/mol. The first kappa shape index (κ1) is 7.96. The number of esters is 2. The molecular weight excluding hydrogens is 154 g/mol. The van der Waals surface area contributed by atoms with Gasteiger partial charge in [-0.15, -0.1) is 0 Å². The van der Waals surface area contributed by atoms with Crippen molar-refractivity contribution in [2.75, 3.05) is 6.54 Å². The van der Waals surface area contributed by atoms with Gasteiger partial charge in [0.15, 0.2) is 0 Å². The highest BCUT2D eigenvalue weighted by molar-refractivity contribution is 5.92. The van der Waals surface area contributed by atoms with Crippen LogP contribution in [0.25, 0.3) is 0 Å². The summed E-state index contributed by atoms with van der Waals surface area (Å²) in [5.74, 6) is -3.93. The average molecular weight is 161 g/mol. The molecule has 0 aromatic carbocycles. The maximum Gasteiger partial charge on any atom is 0.386 e. The van der Waals surface area contributed by atoms with Gasteiger partial charge in [-0.2, -0.15) is 0 Å². The summed E-state index contributed by atoms with van der Waals surface area (Å²) in [7, 11) is 0. The standard InChI is InChI=1S/C5H7NO5/c6-2-5(9)10-3(7)1-4(8)11-5/h9H,1-2,6H2. The maximum absolute atomic E-state index is 10.5. The summed E-state index contributed by atoms with van der Waals surface area (Å²) < 4.78 is 8.48. The Hall–Kier alpha value is -1.14. The van der Waals surface area contributed by atoms with Gasteiger partial charge in [-0.25, -0.2) is 0 Å². The van der Waals surface area contributed by atoms with Crippen LogP contribution in [-0.4, -0.2) is 29.6 Å². The quantitative estimate of drug-likeness (QED) is 0.343. The summed E-state index contributed by atoms with van der Waals surface area (Å²) >= 11 is 0. The molecule has 0 atom stereocenters. The minimum atomic E-state index is -2.26. The Morgan fingerprint density at radius 1 is 1.45 bits per heavy atom. The van der Waals surface area contributed by atoms with Crippen LogP contribution in [0.2, 0.25) is 0 Å². The lowest BCUT2D eigenvalue weighted by Crippen LogP contribution is -2.50. The van der Waals surface area contributed by atoms with Gasteiger partial charge in [0.1, 0.15) is 13.0 Å². The van der Waals surface area contributed by atoms with Crippen molar-refractivity contribution in [3.8, 4) is 0 Å². The third-order valence-electron chi connectivity index (χ3n) is 1.09. The highest BCUT2D eigenvalue weighted by Crippen LogP contribution is 2.15. The largest absolute Gasteiger partial charge is 0.397 e. The molecule has 6 nitrogen and oxygen atoms in total. The Labute approximate surface area is 61.9 Å². The van der Waals surface area contributed by atoms with Gasteiger partial charge in [-0.05, 0) is 0 Å². The number of aliphatic hydroxyl groups is 1. The van der Waals surface area contributed by atoms with Crippen LogP contribution in [0.15, 0.2) is 0 Å². The zero-order valence-corrected chi connectivity index (χ0v) is 5.57. The number of carbonyl (C=O) groups excluding carboxylic acids is 2. The van der Waals surface area contributed by atoms with Crippen molar-refractivity contribution in [2.45, 2.75) is 12.4 Å². The number of rotatable bonds is 1. The van der Waals surface area contributed by atoms with Gasteiger partial charge in [0.25, 0.3) is 0 Å². The summed E-state index contributed by atoms with van der Waals surface area (Å²) in [6.07, 6.45) is -0.484. The molecule has 1 aliphatic rings. The van der Waals surface area contributed by atoms with Crippen molar-refractivity contribution in [2.24, 2.45) is 5.73 Å². The van der Waals surface area contributed by atoms with Crippen LogP contribution < -0.4 is 5.73 Å². The number of carbonyl (C=O) groups is 2. The van der Waals surface area contributed by atoms with Gasteiger partial charge in [0.05, 0.1) is 0 Å². The third kappa shape index (κ3) is 1.66. The minimum Gasteiger partial charge on any atom is -0.397 e. The molecule has 0 bridgehead atoms. The number of nitrogens with two attached hydrogens (primary N) is 1. The van der Waals surface area contributed by atoms with E-state index in [1.807, 2.05) is 0 Å². The summed E-state index contributed by atoms with van der Waals surface area (Å²) in [5, 5.41) is 9.01. The molecule has 0 aromatic heterocycles. The molecule has 1 aliphatic heterocycles. The van der Waals surface area contributed by atoms with E-state index in [1.165, 1.54) is 0 Å². The van der Waals surface area contributed by atoms with Crippen LogP contribution in [0.5, 0.6) is 0 Å². The van der Waals surface area contributed by atoms with Crippen LogP contribution in [0.3, 0.4) is 0 Å². The topological polar surface area (TPSA) is 98.9 Å². The summed E-state index contributed by atoms with van der Waals surface area (Å²) in [6.45, 7) is -0.468. The Morgan fingerprint density at radius 2 is 1.91 bits per heavy atom. The first-order valence-corrected chi connectivity index (χ1v) is 2.92. The second kappa shape index (κ2) is 2.48. The van der Waals surface area contributed by atoms with E-state index in [4.69, 9.17) is 10.8 Å². The fourth-order valence-electron chi connectivity index (χ4n) is 0.650. The highest BCUT2D eigenvalue weighted by Gasteiger charge is 2.40. The van der Waals surface area contributed by atoms with Crippen LogP contribution in [-0.2, 0) is 19.1 Å². The van der Waals surface area contributed by atoms with Gasteiger partial charge < -0.3 is 20.3 Å². The molecular formula is C5H7NO5. The first-order chi connectivity index (χ1) is 5.06. The van der Waals surface area contributed by atoms with Crippen molar-refractivity contribution >= 4 is 11.9 Å². The predicted molar refractivity (Wildman–Crippen MR) is 30.8 cm³/mol. The Morgan fingerprint density at radius 3 is 2.27 bits per heavy atom. The Kier molecular flexibility index (Phi) is 1.79. The fraction of sp³-hybridized carbons (Fsp3) is 0.600. The molecule has 1 heterocycles. The number of cyclic esters (lactones) is 2. The lowest BCUT2D eigenvalue weighted by molar-refractivity contribution is -0.328. The zero-order valence-electron chi connectivity index (χ0n) is 5.57. The predicted octanol–water partition coefficient (Wildman–Crippen LogP) is -1.92. The molecule has 6 heteroatoms. The number of hydrogen-bond acceptors (Lipinski definition) is 6. The molecule has 62 valence electrons. The van der Waals surface area contributed by atoms with Crippen LogP contribution in [0.1, 0.15) is 6.42 Å². The van der Waals surface area contributed by atoms with Crippen LogP contribution >= 0.6 is 0 Å². The molecule has 0 aliphatic carbocycles. The molecule has 0 unspecified atom stereocenters. The van der Waals surface area contributed by atoms with Crippen molar-refractivity contribution in [3.05, 3.63) is 0 Å². The van der Waals surface area contributed by atoms with E-state index in [0.29, 0.717) is 0 Å². The van der Waals surface area contributed by atoms with E-state index in [9.17, 15) is 9.59 Å². The molecule has 3 N–H and O–H groups in total. The molecule has 0 aromatic rings. The van der Waals surface area contributed by atoms with Gasteiger partial charge in [-0.3, -0.25) is 9.59 Å². The fourth-order valence-corrected chi connectivity index (χ4v) is 0.650. The van der Waals surface area contributed by atoms with E-state index in [0.717, 1.165) is 0 Å². The zero-order chi connectivity index (χ0) is 8.48. The summed E-state index contributed by atoms with van der Waals surface area (Å²) in [6, 6.07) is 0. The second-order valence-electron chi connectivity index (χ2n) is 2.04. The minimum absolute atomic E-state index is 0.468. The van der Waals surface area contributed by atoms with Crippen molar-refractivity contribution < 1.29 is 24.2 Å². The Balaban J connectivity index is 2.70. The SMILES string of the molecule is NCC1(O)OC(=O)CC(=O)O1.